The first kappa shape index (κ1) is 18.5. The molecule has 0 bridgehead atoms. The van der Waals surface area contributed by atoms with Crippen LogP contribution in [-0.4, -0.2) is 49.9 Å². The first-order chi connectivity index (χ1) is 14.2. The fourth-order valence-corrected chi connectivity index (χ4v) is 3.32. The molecule has 146 valence electrons. The van der Waals surface area contributed by atoms with Crippen LogP contribution in [-0.2, 0) is 17.9 Å². The molecule has 0 fully saturated rings. The highest BCUT2D eigenvalue weighted by Gasteiger charge is 2.20. The summed E-state index contributed by atoms with van der Waals surface area (Å²) in [5.41, 5.74) is 9.41. The lowest BCUT2D eigenvalue weighted by Crippen LogP contribution is -2.32. The van der Waals surface area contributed by atoms with E-state index in [9.17, 15) is 4.79 Å². The second-order valence-electron chi connectivity index (χ2n) is 6.63. The van der Waals surface area contributed by atoms with Crippen LogP contribution in [0.2, 0.25) is 0 Å². The molecule has 1 aliphatic rings. The van der Waals surface area contributed by atoms with Crippen LogP contribution in [0.3, 0.4) is 0 Å². The third-order valence-electron chi connectivity index (χ3n) is 4.76. The number of nitrogens with two attached hydrogens (primary N) is 1. The van der Waals surface area contributed by atoms with Gasteiger partial charge in [0.2, 0.25) is 5.91 Å². The number of aromatic nitrogens is 4. The predicted molar refractivity (Wildman–Crippen MR) is 113 cm³/mol. The average Bonchev–Trinajstić information content (AvgIpc) is 3.40. The van der Waals surface area contributed by atoms with Gasteiger partial charge in [0.05, 0.1) is 18.5 Å². The summed E-state index contributed by atoms with van der Waals surface area (Å²) in [5.74, 6) is 0.242. The van der Waals surface area contributed by atoms with Gasteiger partial charge in [-0.05, 0) is 11.6 Å². The van der Waals surface area contributed by atoms with E-state index in [1.54, 1.807) is 15.8 Å². The SMILES string of the molecule is C=CC(=O)N(CCn1nc(C2=CCN=C2)c2c(N)ncnc21)Cc1ccccc1. The summed E-state index contributed by atoms with van der Waals surface area (Å²) in [4.78, 5) is 26.8. The molecule has 4 rings (SSSR count). The van der Waals surface area contributed by atoms with Crippen molar-refractivity contribution in [2.24, 2.45) is 4.99 Å². The molecule has 0 spiro atoms. The second kappa shape index (κ2) is 8.05. The molecule has 2 N–H and O–H groups in total. The van der Waals surface area contributed by atoms with E-state index < -0.39 is 0 Å². The topological polar surface area (TPSA) is 102 Å². The third-order valence-corrected chi connectivity index (χ3v) is 4.76. The van der Waals surface area contributed by atoms with Gasteiger partial charge in [-0.3, -0.25) is 9.79 Å². The highest BCUT2D eigenvalue weighted by Crippen LogP contribution is 2.27. The van der Waals surface area contributed by atoms with Gasteiger partial charge >= 0.3 is 0 Å². The van der Waals surface area contributed by atoms with Gasteiger partial charge in [0, 0.05) is 24.9 Å². The zero-order valence-corrected chi connectivity index (χ0v) is 15.9. The van der Waals surface area contributed by atoms with Gasteiger partial charge in [-0.2, -0.15) is 5.10 Å². The van der Waals surface area contributed by atoms with Crippen LogP contribution in [0.15, 0.2) is 60.4 Å². The first-order valence-electron chi connectivity index (χ1n) is 9.30. The number of aliphatic imine (C=N–C) groups is 1. The molecule has 0 aliphatic carbocycles. The molecule has 0 atom stereocenters. The summed E-state index contributed by atoms with van der Waals surface area (Å²) < 4.78 is 1.77. The number of anilines is 1. The quantitative estimate of drug-likeness (QED) is 0.626. The number of nitrogens with zero attached hydrogens (tertiary/aromatic N) is 6. The van der Waals surface area contributed by atoms with Crippen molar-refractivity contribution in [1.29, 1.82) is 0 Å². The number of carbonyl (C=O) groups is 1. The van der Waals surface area contributed by atoms with Crippen LogP contribution in [0.25, 0.3) is 16.6 Å². The zero-order chi connectivity index (χ0) is 20.2. The molecule has 29 heavy (non-hydrogen) atoms. The Morgan fingerprint density at radius 1 is 1.28 bits per heavy atom. The zero-order valence-electron chi connectivity index (χ0n) is 15.9. The summed E-state index contributed by atoms with van der Waals surface area (Å²) in [6, 6.07) is 9.84. The fourth-order valence-electron chi connectivity index (χ4n) is 3.32. The first-order valence-corrected chi connectivity index (χ1v) is 9.30. The van der Waals surface area contributed by atoms with Crippen molar-refractivity contribution in [2.45, 2.75) is 13.1 Å². The molecule has 8 heteroatoms. The van der Waals surface area contributed by atoms with Crippen molar-refractivity contribution in [3.05, 3.63) is 66.6 Å². The highest BCUT2D eigenvalue weighted by molar-refractivity contribution is 6.16. The summed E-state index contributed by atoms with van der Waals surface area (Å²) in [6.07, 6.45) is 6.52. The lowest BCUT2D eigenvalue weighted by Gasteiger charge is -2.21. The van der Waals surface area contributed by atoms with Crippen molar-refractivity contribution in [3.8, 4) is 0 Å². The van der Waals surface area contributed by atoms with Gasteiger partial charge in [-0.15, -0.1) is 0 Å². The molecule has 1 amide bonds. The molecule has 3 heterocycles. The van der Waals surface area contributed by atoms with Gasteiger partial charge in [0.1, 0.15) is 17.8 Å². The molecule has 1 aliphatic heterocycles. The van der Waals surface area contributed by atoms with Crippen LogP contribution < -0.4 is 5.73 Å². The van der Waals surface area contributed by atoms with Gasteiger partial charge in [-0.25, -0.2) is 14.6 Å². The van der Waals surface area contributed by atoms with Crippen LogP contribution >= 0.6 is 0 Å². The van der Waals surface area contributed by atoms with E-state index in [4.69, 9.17) is 10.8 Å². The minimum Gasteiger partial charge on any atom is -0.383 e. The van der Waals surface area contributed by atoms with Crippen molar-refractivity contribution in [1.82, 2.24) is 24.6 Å². The molecular formula is C21H21N7O. The van der Waals surface area contributed by atoms with E-state index in [0.29, 0.717) is 48.7 Å². The largest absolute Gasteiger partial charge is 0.383 e. The maximum absolute atomic E-state index is 12.4. The summed E-state index contributed by atoms with van der Waals surface area (Å²) >= 11 is 0. The smallest absolute Gasteiger partial charge is 0.246 e. The Balaban J connectivity index is 1.63. The minimum atomic E-state index is -0.134. The van der Waals surface area contributed by atoms with Gasteiger partial charge in [0.15, 0.2) is 5.65 Å². The molecule has 3 aromatic rings. The number of hydrogen-bond donors (Lipinski definition) is 1. The molecule has 0 saturated heterocycles. The van der Waals surface area contributed by atoms with Crippen LogP contribution in [0.1, 0.15) is 11.3 Å². The van der Waals surface area contributed by atoms with Crippen molar-refractivity contribution >= 4 is 34.5 Å². The average molecular weight is 387 g/mol. The number of allylic oxidation sites excluding steroid dienone is 1. The van der Waals surface area contributed by atoms with Gasteiger partial charge < -0.3 is 10.6 Å². The van der Waals surface area contributed by atoms with E-state index >= 15 is 0 Å². The van der Waals surface area contributed by atoms with Crippen LogP contribution in [0.4, 0.5) is 5.82 Å². The van der Waals surface area contributed by atoms with E-state index in [1.165, 1.54) is 12.4 Å². The van der Waals surface area contributed by atoms with E-state index in [-0.39, 0.29) is 5.91 Å². The summed E-state index contributed by atoms with van der Waals surface area (Å²) in [6.45, 7) is 5.65. The molecule has 1 aromatic carbocycles. The fraction of sp³-hybridized carbons (Fsp3) is 0.190. The highest BCUT2D eigenvalue weighted by atomic mass is 16.2. The molecular weight excluding hydrogens is 366 g/mol. The minimum absolute atomic E-state index is 0.134. The standard InChI is InChI=1S/C21H21N7O/c1-2-17(29)27(13-15-6-4-3-5-7-15)10-11-28-21-18(20(22)24-14-25-21)19(26-28)16-8-9-23-12-16/h2-8,12,14H,1,9-11,13H2,(H2,22,24,25). The monoisotopic (exact) mass is 387 g/mol. The maximum atomic E-state index is 12.4. The molecule has 0 unspecified atom stereocenters. The molecule has 2 aromatic heterocycles. The Morgan fingerprint density at radius 3 is 2.83 bits per heavy atom. The lowest BCUT2D eigenvalue weighted by molar-refractivity contribution is -0.126. The molecule has 0 saturated carbocycles. The van der Waals surface area contributed by atoms with Gasteiger partial charge in [-0.1, -0.05) is 43.0 Å². The predicted octanol–water partition coefficient (Wildman–Crippen LogP) is 2.09. The number of carbonyl (C=O) groups excluding carboxylic acids is 1. The number of fused-ring (bicyclic) bond motifs is 1. The van der Waals surface area contributed by atoms with Crippen molar-refractivity contribution < 1.29 is 4.79 Å². The number of rotatable bonds is 7. The van der Waals surface area contributed by atoms with Crippen LogP contribution in [0, 0.1) is 0 Å². The maximum Gasteiger partial charge on any atom is 0.246 e. The number of hydrogen-bond acceptors (Lipinski definition) is 6. The summed E-state index contributed by atoms with van der Waals surface area (Å²) in [7, 11) is 0. The normalized spacial score (nSPS) is 12.9. The Labute approximate surface area is 168 Å². The van der Waals surface area contributed by atoms with E-state index in [0.717, 1.165) is 11.1 Å². The van der Waals surface area contributed by atoms with Crippen LogP contribution in [0.5, 0.6) is 0 Å². The molecule has 8 nitrogen and oxygen atoms in total. The second-order valence-corrected chi connectivity index (χ2v) is 6.63. The van der Waals surface area contributed by atoms with Gasteiger partial charge in [0.25, 0.3) is 0 Å². The Bertz CT molecular complexity index is 1110. The Kier molecular flexibility index (Phi) is 5.15. The molecule has 0 radical (unpaired) electrons. The summed E-state index contributed by atoms with van der Waals surface area (Å²) in [5, 5.41) is 5.41. The number of nitrogen functional groups attached to an aromatic ring is 1. The Hall–Kier alpha value is -3.81. The Morgan fingerprint density at radius 2 is 2.10 bits per heavy atom. The van der Waals surface area contributed by atoms with Crippen molar-refractivity contribution in [2.75, 3.05) is 18.8 Å². The number of amides is 1. The van der Waals surface area contributed by atoms with E-state index in [2.05, 4.69) is 21.5 Å². The van der Waals surface area contributed by atoms with E-state index in [1.807, 2.05) is 36.4 Å². The van der Waals surface area contributed by atoms with Crippen molar-refractivity contribution in [3.63, 3.8) is 0 Å². The third kappa shape index (κ3) is 3.77. The number of benzene rings is 1. The lowest BCUT2D eigenvalue weighted by atomic mass is 10.1.